The second-order valence-corrected chi connectivity index (χ2v) is 6.99. The van der Waals surface area contributed by atoms with Crippen molar-refractivity contribution in [3.05, 3.63) is 71.0 Å². The molecule has 0 bridgehead atoms. The first-order chi connectivity index (χ1) is 14.4. The van der Waals surface area contributed by atoms with Crippen molar-refractivity contribution in [2.24, 2.45) is 0 Å². The Morgan fingerprint density at radius 2 is 1.53 bits per heavy atom. The van der Waals surface area contributed by atoms with Gasteiger partial charge in [0.15, 0.2) is 11.5 Å². The van der Waals surface area contributed by atoms with Crippen LogP contribution < -0.4 is 20.1 Å². The maximum atomic E-state index is 12.7. The number of amides is 1. The second-order valence-electron chi connectivity index (χ2n) is 6.99. The average Bonchev–Trinajstić information content (AvgIpc) is 2.72. The predicted molar refractivity (Wildman–Crippen MR) is 117 cm³/mol. The van der Waals surface area contributed by atoms with Gasteiger partial charge in [-0.1, -0.05) is 6.07 Å². The maximum absolute atomic E-state index is 12.7. The molecule has 1 amide bonds. The van der Waals surface area contributed by atoms with Crippen LogP contribution in [0.5, 0.6) is 11.5 Å². The number of carbonyl (C=O) groups excluding carboxylic acids is 1. The number of rotatable bonds is 7. The van der Waals surface area contributed by atoms with E-state index in [1.807, 2.05) is 57.2 Å². The van der Waals surface area contributed by atoms with Crippen molar-refractivity contribution in [1.29, 1.82) is 0 Å². The van der Waals surface area contributed by atoms with Gasteiger partial charge in [-0.05, 0) is 68.8 Å². The van der Waals surface area contributed by atoms with Crippen molar-refractivity contribution >= 4 is 17.5 Å². The summed E-state index contributed by atoms with van der Waals surface area (Å²) in [5.41, 5.74) is 4.08. The van der Waals surface area contributed by atoms with E-state index in [0.29, 0.717) is 23.0 Å². The molecule has 7 heteroatoms. The summed E-state index contributed by atoms with van der Waals surface area (Å²) in [7, 11) is 3.18. The van der Waals surface area contributed by atoms with Crippen LogP contribution in [0.2, 0.25) is 0 Å². The molecule has 0 aliphatic rings. The van der Waals surface area contributed by atoms with Crippen molar-refractivity contribution in [3.63, 3.8) is 0 Å². The minimum atomic E-state index is -0.196. The van der Waals surface area contributed by atoms with Gasteiger partial charge < -0.3 is 20.1 Å². The summed E-state index contributed by atoms with van der Waals surface area (Å²) < 4.78 is 10.6. The van der Waals surface area contributed by atoms with Gasteiger partial charge in [-0.15, -0.1) is 0 Å². The Labute approximate surface area is 176 Å². The number of aryl methyl sites for hydroxylation is 2. The summed E-state index contributed by atoms with van der Waals surface area (Å²) in [4.78, 5) is 21.4. The zero-order chi connectivity index (χ0) is 21.7. The summed E-state index contributed by atoms with van der Waals surface area (Å²) in [6.07, 6.45) is 0. The van der Waals surface area contributed by atoms with Crippen molar-refractivity contribution in [3.8, 4) is 11.5 Å². The summed E-state index contributed by atoms with van der Waals surface area (Å²) in [6, 6.07) is 14.5. The van der Waals surface area contributed by atoms with Crippen LogP contribution in [0.25, 0.3) is 0 Å². The molecule has 0 saturated heterocycles. The van der Waals surface area contributed by atoms with Gasteiger partial charge >= 0.3 is 0 Å². The number of nitrogens with one attached hydrogen (secondary N) is 2. The molecule has 1 unspecified atom stereocenters. The molecule has 156 valence electrons. The highest BCUT2D eigenvalue weighted by Crippen LogP contribution is 2.30. The molecule has 30 heavy (non-hydrogen) atoms. The smallest absolute Gasteiger partial charge is 0.251 e. The third-order valence-corrected chi connectivity index (χ3v) is 4.64. The van der Waals surface area contributed by atoms with E-state index in [-0.39, 0.29) is 11.9 Å². The molecule has 0 radical (unpaired) electrons. The highest BCUT2D eigenvalue weighted by molar-refractivity contribution is 5.94. The van der Waals surface area contributed by atoms with Gasteiger partial charge in [-0.25, -0.2) is 9.97 Å². The number of benzene rings is 2. The van der Waals surface area contributed by atoms with Crippen molar-refractivity contribution in [2.75, 3.05) is 19.5 Å². The van der Waals surface area contributed by atoms with Crippen LogP contribution in [0.3, 0.4) is 0 Å². The summed E-state index contributed by atoms with van der Waals surface area (Å²) >= 11 is 0. The molecular formula is C23H26N4O3. The molecule has 0 aliphatic heterocycles. The molecule has 1 aromatic heterocycles. The monoisotopic (exact) mass is 406 g/mol. The van der Waals surface area contributed by atoms with Crippen LogP contribution in [-0.4, -0.2) is 30.1 Å². The van der Waals surface area contributed by atoms with E-state index in [0.717, 1.165) is 22.6 Å². The van der Waals surface area contributed by atoms with Crippen molar-refractivity contribution < 1.29 is 14.3 Å². The summed E-state index contributed by atoms with van der Waals surface area (Å²) in [6.45, 7) is 5.77. The molecular weight excluding hydrogens is 380 g/mol. The fourth-order valence-corrected chi connectivity index (χ4v) is 3.10. The van der Waals surface area contributed by atoms with Crippen LogP contribution in [0.1, 0.15) is 40.3 Å². The minimum absolute atomic E-state index is 0.161. The van der Waals surface area contributed by atoms with E-state index in [1.165, 1.54) is 0 Å². The van der Waals surface area contributed by atoms with E-state index in [2.05, 4.69) is 20.6 Å². The Bertz CT molecular complexity index is 1010. The topological polar surface area (TPSA) is 85.4 Å². The number of carbonyl (C=O) groups is 1. The van der Waals surface area contributed by atoms with E-state index in [4.69, 9.17) is 9.47 Å². The summed E-state index contributed by atoms with van der Waals surface area (Å²) in [5.74, 6) is 1.65. The largest absolute Gasteiger partial charge is 0.493 e. The molecule has 0 saturated carbocycles. The molecule has 2 aromatic carbocycles. The Balaban J connectivity index is 1.67. The second kappa shape index (κ2) is 9.26. The molecule has 1 atom stereocenters. The van der Waals surface area contributed by atoms with E-state index < -0.39 is 0 Å². The maximum Gasteiger partial charge on any atom is 0.251 e. The lowest BCUT2D eigenvalue weighted by Crippen LogP contribution is -2.26. The number of nitrogens with zero attached hydrogens (tertiary/aromatic N) is 2. The summed E-state index contributed by atoms with van der Waals surface area (Å²) in [5, 5.41) is 6.17. The quantitative estimate of drug-likeness (QED) is 0.607. The Hall–Kier alpha value is -3.61. The number of anilines is 2. The lowest BCUT2D eigenvalue weighted by atomic mass is 10.1. The van der Waals surface area contributed by atoms with Crippen LogP contribution in [0, 0.1) is 13.8 Å². The van der Waals surface area contributed by atoms with Gasteiger partial charge in [0, 0.05) is 22.6 Å². The van der Waals surface area contributed by atoms with Gasteiger partial charge in [0.2, 0.25) is 5.95 Å². The van der Waals surface area contributed by atoms with Crippen molar-refractivity contribution in [2.45, 2.75) is 26.8 Å². The first-order valence-electron chi connectivity index (χ1n) is 9.61. The molecule has 0 fully saturated rings. The van der Waals surface area contributed by atoms with Gasteiger partial charge in [-0.2, -0.15) is 0 Å². The number of ether oxygens (including phenoxy) is 2. The number of methoxy groups -OCH3 is 2. The lowest BCUT2D eigenvalue weighted by Gasteiger charge is -2.17. The molecule has 0 aliphatic carbocycles. The Morgan fingerprint density at radius 3 is 2.13 bits per heavy atom. The minimum Gasteiger partial charge on any atom is -0.493 e. The number of hydrogen-bond acceptors (Lipinski definition) is 6. The number of aromatic nitrogens is 2. The standard InChI is InChI=1S/C23H26N4O3/c1-14-12-15(2)25-23(24-14)27-19-9-6-17(7-10-19)22(28)26-16(3)18-8-11-20(29-4)21(13-18)30-5/h6-13,16H,1-5H3,(H,26,28)(H,24,25,27). The molecule has 2 N–H and O–H groups in total. The fourth-order valence-electron chi connectivity index (χ4n) is 3.10. The normalized spacial score (nSPS) is 11.5. The van der Waals surface area contributed by atoms with Gasteiger partial charge in [0.1, 0.15) is 0 Å². The van der Waals surface area contributed by atoms with E-state index >= 15 is 0 Å². The van der Waals surface area contributed by atoms with E-state index in [1.54, 1.807) is 26.4 Å². The zero-order valence-electron chi connectivity index (χ0n) is 17.8. The van der Waals surface area contributed by atoms with Crippen LogP contribution in [0.15, 0.2) is 48.5 Å². The highest BCUT2D eigenvalue weighted by Gasteiger charge is 2.14. The first kappa shape index (κ1) is 21.1. The molecule has 1 heterocycles. The SMILES string of the molecule is COc1ccc(C(C)NC(=O)c2ccc(Nc3nc(C)cc(C)n3)cc2)cc1OC. The van der Waals surface area contributed by atoms with Crippen LogP contribution >= 0.6 is 0 Å². The highest BCUT2D eigenvalue weighted by atomic mass is 16.5. The van der Waals surface area contributed by atoms with Gasteiger partial charge in [0.05, 0.1) is 20.3 Å². The molecule has 3 rings (SSSR count). The zero-order valence-corrected chi connectivity index (χ0v) is 17.8. The van der Waals surface area contributed by atoms with Gasteiger partial charge in [-0.3, -0.25) is 4.79 Å². The van der Waals surface area contributed by atoms with Gasteiger partial charge in [0.25, 0.3) is 5.91 Å². The molecule has 0 spiro atoms. The van der Waals surface area contributed by atoms with Crippen molar-refractivity contribution in [1.82, 2.24) is 15.3 Å². The third-order valence-electron chi connectivity index (χ3n) is 4.64. The Kier molecular flexibility index (Phi) is 6.51. The number of hydrogen-bond donors (Lipinski definition) is 2. The third kappa shape index (κ3) is 5.05. The van der Waals surface area contributed by atoms with Crippen LogP contribution in [-0.2, 0) is 0 Å². The Morgan fingerprint density at radius 1 is 0.900 bits per heavy atom. The molecule has 7 nitrogen and oxygen atoms in total. The lowest BCUT2D eigenvalue weighted by molar-refractivity contribution is 0.0940. The fraction of sp³-hybridized carbons (Fsp3) is 0.261. The average molecular weight is 406 g/mol. The van der Waals surface area contributed by atoms with Crippen LogP contribution in [0.4, 0.5) is 11.6 Å². The molecule has 3 aromatic rings. The first-order valence-corrected chi connectivity index (χ1v) is 9.61. The predicted octanol–water partition coefficient (Wildman–Crippen LogP) is 4.35. The van der Waals surface area contributed by atoms with E-state index in [9.17, 15) is 4.79 Å².